The average Bonchev–Trinajstić information content (AvgIpc) is 2.67. The van der Waals surface area contributed by atoms with Gasteiger partial charge in [0.1, 0.15) is 0 Å². The molecule has 2 N–H and O–H groups in total. The first-order valence-corrected chi connectivity index (χ1v) is 7.70. The van der Waals surface area contributed by atoms with Crippen molar-refractivity contribution in [2.45, 2.75) is 40.0 Å². The number of benzene rings is 1. The van der Waals surface area contributed by atoms with E-state index in [1.807, 2.05) is 38.1 Å². The van der Waals surface area contributed by atoms with Gasteiger partial charge in [0.05, 0.1) is 5.69 Å². The van der Waals surface area contributed by atoms with Crippen LogP contribution in [0.4, 0.5) is 15.6 Å². The van der Waals surface area contributed by atoms with Crippen molar-refractivity contribution in [1.82, 2.24) is 4.98 Å². The van der Waals surface area contributed by atoms with Gasteiger partial charge in [-0.05, 0) is 37.0 Å². The molecule has 0 bridgehead atoms. The van der Waals surface area contributed by atoms with Crippen LogP contribution in [-0.2, 0) is 5.41 Å². The molecule has 0 fully saturated rings. The number of carbonyl (C=O) groups is 1. The maximum absolute atomic E-state index is 11.9. The van der Waals surface area contributed by atoms with Crippen LogP contribution < -0.4 is 10.6 Å². The highest BCUT2D eigenvalue weighted by Crippen LogP contribution is 2.24. The lowest BCUT2D eigenvalue weighted by molar-refractivity contribution is 0.262. The molecule has 1 aromatic heterocycles. The van der Waals surface area contributed by atoms with Gasteiger partial charge in [-0.25, -0.2) is 9.78 Å². The Balaban J connectivity index is 1.99. The summed E-state index contributed by atoms with van der Waals surface area (Å²) in [6.07, 6.45) is 0. The molecule has 0 aliphatic rings. The van der Waals surface area contributed by atoms with Gasteiger partial charge in [0.15, 0.2) is 5.13 Å². The minimum atomic E-state index is -0.271. The largest absolute Gasteiger partial charge is 0.325 e. The van der Waals surface area contributed by atoms with Gasteiger partial charge in [-0.1, -0.05) is 32.9 Å². The summed E-state index contributed by atoms with van der Waals surface area (Å²) in [4.78, 5) is 17.3. The summed E-state index contributed by atoms with van der Waals surface area (Å²) in [5, 5.41) is 6.19. The van der Waals surface area contributed by atoms with Crippen LogP contribution in [0.25, 0.3) is 0 Å². The second kappa shape index (κ2) is 5.85. The molecule has 4 nitrogen and oxygen atoms in total. The van der Waals surface area contributed by atoms with Gasteiger partial charge in [0, 0.05) is 10.6 Å². The Bertz CT molecular complexity index is 619. The Hall–Kier alpha value is -1.88. The maximum atomic E-state index is 11.9. The number of anilines is 2. The molecule has 0 aliphatic carbocycles. The fraction of sp³-hybridized carbons (Fsp3) is 0.375. The maximum Gasteiger partial charge on any atom is 0.325 e. The Kier molecular flexibility index (Phi) is 4.32. The Morgan fingerprint density at radius 2 is 1.71 bits per heavy atom. The normalized spacial score (nSPS) is 11.3. The van der Waals surface area contributed by atoms with Crippen LogP contribution in [0, 0.1) is 13.8 Å². The Morgan fingerprint density at radius 1 is 1.10 bits per heavy atom. The van der Waals surface area contributed by atoms with Crippen LogP contribution >= 0.6 is 11.3 Å². The summed E-state index contributed by atoms with van der Waals surface area (Å²) in [6.45, 7) is 10.4. The van der Waals surface area contributed by atoms with E-state index in [1.165, 1.54) is 16.9 Å². The lowest BCUT2D eigenvalue weighted by atomic mass is 9.87. The highest BCUT2D eigenvalue weighted by atomic mass is 32.1. The van der Waals surface area contributed by atoms with Crippen molar-refractivity contribution < 1.29 is 4.79 Å². The summed E-state index contributed by atoms with van der Waals surface area (Å²) in [7, 11) is 0. The summed E-state index contributed by atoms with van der Waals surface area (Å²) >= 11 is 1.48. The number of hydrogen-bond donors (Lipinski definition) is 2. The van der Waals surface area contributed by atoms with Gasteiger partial charge in [-0.3, -0.25) is 5.32 Å². The van der Waals surface area contributed by atoms with E-state index in [-0.39, 0.29) is 11.4 Å². The van der Waals surface area contributed by atoms with Crippen molar-refractivity contribution in [3.63, 3.8) is 0 Å². The van der Waals surface area contributed by atoms with Gasteiger partial charge >= 0.3 is 6.03 Å². The van der Waals surface area contributed by atoms with Crippen LogP contribution in [0.5, 0.6) is 0 Å². The molecule has 1 aromatic carbocycles. The lowest BCUT2D eigenvalue weighted by Gasteiger charge is -2.19. The third-order valence-corrected chi connectivity index (χ3v) is 4.25. The van der Waals surface area contributed by atoms with Gasteiger partial charge in [-0.2, -0.15) is 0 Å². The molecule has 2 rings (SSSR count). The van der Waals surface area contributed by atoms with Crippen molar-refractivity contribution in [1.29, 1.82) is 0 Å². The number of amides is 2. The molecule has 112 valence electrons. The SMILES string of the molecule is Cc1nc(NC(=O)Nc2ccc(C(C)(C)C)cc2)sc1C. The van der Waals surface area contributed by atoms with E-state index in [0.29, 0.717) is 5.13 Å². The van der Waals surface area contributed by atoms with Gasteiger partial charge < -0.3 is 5.32 Å². The van der Waals surface area contributed by atoms with E-state index in [2.05, 4.69) is 36.4 Å². The number of nitrogens with one attached hydrogen (secondary N) is 2. The minimum Gasteiger partial charge on any atom is -0.308 e. The predicted molar refractivity (Wildman–Crippen MR) is 89.4 cm³/mol. The first-order valence-electron chi connectivity index (χ1n) is 6.88. The zero-order valence-electron chi connectivity index (χ0n) is 13.1. The highest BCUT2D eigenvalue weighted by Gasteiger charge is 2.13. The monoisotopic (exact) mass is 303 g/mol. The molecule has 0 spiro atoms. The second-order valence-corrected chi connectivity index (χ2v) is 7.27. The standard InChI is InChI=1S/C16H21N3OS/c1-10-11(2)21-15(17-10)19-14(20)18-13-8-6-12(7-9-13)16(3,4)5/h6-9H,1-5H3,(H2,17,18,19,20). The zero-order chi connectivity index (χ0) is 15.6. The van der Waals surface area contributed by atoms with E-state index in [0.717, 1.165) is 16.3 Å². The third kappa shape index (κ3) is 4.04. The number of carbonyl (C=O) groups excluding carboxylic acids is 1. The van der Waals surface area contributed by atoms with Crippen LogP contribution in [0.1, 0.15) is 36.9 Å². The lowest BCUT2D eigenvalue weighted by Crippen LogP contribution is -2.19. The molecule has 21 heavy (non-hydrogen) atoms. The zero-order valence-corrected chi connectivity index (χ0v) is 13.9. The third-order valence-electron chi connectivity index (χ3n) is 3.26. The fourth-order valence-electron chi connectivity index (χ4n) is 1.84. The predicted octanol–water partition coefficient (Wildman–Crippen LogP) is 4.70. The summed E-state index contributed by atoms with van der Waals surface area (Å²) in [5.74, 6) is 0. The Labute approximate surface area is 129 Å². The number of rotatable bonds is 2. The molecule has 1 heterocycles. The van der Waals surface area contributed by atoms with Crippen molar-refractivity contribution in [3.8, 4) is 0 Å². The topological polar surface area (TPSA) is 54.0 Å². The minimum absolute atomic E-state index is 0.108. The van der Waals surface area contributed by atoms with E-state index < -0.39 is 0 Å². The second-order valence-electron chi connectivity index (χ2n) is 6.07. The van der Waals surface area contributed by atoms with Crippen molar-refractivity contribution in [2.75, 3.05) is 10.6 Å². The number of urea groups is 1. The smallest absolute Gasteiger partial charge is 0.308 e. The number of nitrogens with zero attached hydrogens (tertiary/aromatic N) is 1. The molecule has 0 atom stereocenters. The molecule has 5 heteroatoms. The summed E-state index contributed by atoms with van der Waals surface area (Å²) in [5.41, 5.74) is 3.06. The molecular formula is C16H21N3OS. The molecule has 0 saturated heterocycles. The molecule has 0 aliphatic heterocycles. The van der Waals surface area contributed by atoms with Gasteiger partial charge in [-0.15, -0.1) is 11.3 Å². The van der Waals surface area contributed by atoms with Crippen molar-refractivity contribution in [3.05, 3.63) is 40.4 Å². The van der Waals surface area contributed by atoms with Gasteiger partial charge in [0.25, 0.3) is 0 Å². The van der Waals surface area contributed by atoms with Crippen LogP contribution in [0.2, 0.25) is 0 Å². The average molecular weight is 303 g/mol. The summed E-state index contributed by atoms with van der Waals surface area (Å²) in [6, 6.07) is 7.63. The van der Waals surface area contributed by atoms with Crippen LogP contribution in [0.3, 0.4) is 0 Å². The summed E-state index contributed by atoms with van der Waals surface area (Å²) < 4.78 is 0. The fourth-order valence-corrected chi connectivity index (χ4v) is 2.65. The van der Waals surface area contributed by atoms with Crippen LogP contribution in [0.15, 0.2) is 24.3 Å². The van der Waals surface area contributed by atoms with E-state index in [9.17, 15) is 4.79 Å². The highest BCUT2D eigenvalue weighted by molar-refractivity contribution is 7.15. The first-order chi connectivity index (χ1) is 9.75. The van der Waals surface area contributed by atoms with Crippen molar-refractivity contribution >= 4 is 28.2 Å². The Morgan fingerprint density at radius 3 is 2.19 bits per heavy atom. The number of aryl methyl sites for hydroxylation is 2. The van der Waals surface area contributed by atoms with Gasteiger partial charge in [0.2, 0.25) is 0 Å². The van der Waals surface area contributed by atoms with Crippen molar-refractivity contribution in [2.24, 2.45) is 0 Å². The molecular weight excluding hydrogens is 282 g/mol. The van der Waals surface area contributed by atoms with E-state index >= 15 is 0 Å². The van der Waals surface area contributed by atoms with Crippen LogP contribution in [-0.4, -0.2) is 11.0 Å². The molecule has 0 radical (unpaired) electrons. The quantitative estimate of drug-likeness (QED) is 0.844. The molecule has 0 saturated carbocycles. The number of hydrogen-bond acceptors (Lipinski definition) is 3. The van der Waals surface area contributed by atoms with E-state index in [1.54, 1.807) is 0 Å². The molecule has 2 aromatic rings. The molecule has 0 unspecified atom stereocenters. The molecule has 2 amide bonds. The number of aromatic nitrogens is 1. The first kappa shape index (κ1) is 15.5. The van der Waals surface area contributed by atoms with E-state index in [4.69, 9.17) is 0 Å². The number of thiazole rings is 1.